The number of benzene rings is 1. The molecule has 3 heterocycles. The number of nitrogen functional groups attached to an aromatic ring is 1. The van der Waals surface area contributed by atoms with Crippen LogP contribution in [0, 0.1) is 0 Å². The van der Waals surface area contributed by atoms with Crippen molar-refractivity contribution in [2.45, 2.75) is 12.8 Å². The van der Waals surface area contributed by atoms with E-state index in [2.05, 4.69) is 25.0 Å². The Morgan fingerprint density at radius 3 is 2.62 bits per heavy atom. The lowest BCUT2D eigenvalue weighted by Crippen LogP contribution is -2.08. The molecular weight excluding hydrogens is 410 g/mol. The zero-order valence-corrected chi connectivity index (χ0v) is 17.8. The van der Waals surface area contributed by atoms with E-state index >= 15 is 0 Å². The van der Waals surface area contributed by atoms with E-state index in [4.69, 9.17) is 19.9 Å². The second kappa shape index (κ2) is 9.73. The molecule has 0 atom stereocenters. The van der Waals surface area contributed by atoms with Crippen molar-refractivity contribution in [1.82, 2.24) is 29.7 Å². The van der Waals surface area contributed by atoms with Crippen molar-refractivity contribution in [3.05, 3.63) is 72.1 Å². The average Bonchev–Trinajstić information content (AvgIpc) is 3.19. The Hall–Kier alpha value is -4.21. The van der Waals surface area contributed by atoms with E-state index in [1.54, 1.807) is 31.2 Å². The second-order valence-corrected chi connectivity index (χ2v) is 6.80. The monoisotopic (exact) mass is 433 g/mol. The van der Waals surface area contributed by atoms with Crippen LogP contribution in [0.15, 0.2) is 55.0 Å². The fourth-order valence-corrected chi connectivity index (χ4v) is 3.16. The highest BCUT2D eigenvalue weighted by atomic mass is 16.5. The molecule has 0 aliphatic carbocycles. The number of anilines is 1. The third-order valence-corrected chi connectivity index (χ3v) is 4.68. The number of nitrogens with two attached hydrogens (primary N) is 1. The largest absolute Gasteiger partial charge is 0.493 e. The summed E-state index contributed by atoms with van der Waals surface area (Å²) >= 11 is 0. The fourth-order valence-electron chi connectivity index (χ4n) is 3.16. The van der Waals surface area contributed by atoms with Crippen molar-refractivity contribution in [2.75, 3.05) is 26.6 Å². The van der Waals surface area contributed by atoms with Gasteiger partial charge in [-0.15, -0.1) is 5.10 Å². The van der Waals surface area contributed by atoms with E-state index in [9.17, 15) is 0 Å². The van der Waals surface area contributed by atoms with E-state index in [0.29, 0.717) is 48.5 Å². The summed E-state index contributed by atoms with van der Waals surface area (Å²) < 4.78 is 18.0. The Morgan fingerprint density at radius 1 is 0.969 bits per heavy atom. The van der Waals surface area contributed by atoms with E-state index in [0.717, 1.165) is 11.3 Å². The lowest BCUT2D eigenvalue weighted by Gasteiger charge is -2.10. The lowest BCUT2D eigenvalue weighted by molar-refractivity contribution is 0.307. The Labute approximate surface area is 185 Å². The second-order valence-electron chi connectivity index (χ2n) is 6.80. The summed E-state index contributed by atoms with van der Waals surface area (Å²) in [6.07, 6.45) is 4.31. The molecule has 0 fully saturated rings. The zero-order chi connectivity index (χ0) is 22.3. The van der Waals surface area contributed by atoms with Gasteiger partial charge in [0.1, 0.15) is 12.2 Å². The van der Waals surface area contributed by atoms with Crippen LogP contribution in [0.1, 0.15) is 17.1 Å². The predicted octanol–water partition coefficient (Wildman–Crippen LogP) is 2.26. The van der Waals surface area contributed by atoms with Gasteiger partial charge in [-0.3, -0.25) is 4.98 Å². The number of aromatic nitrogens is 6. The number of ether oxygens (including phenoxy) is 3. The van der Waals surface area contributed by atoms with Gasteiger partial charge in [-0.1, -0.05) is 12.1 Å². The zero-order valence-electron chi connectivity index (χ0n) is 17.8. The summed E-state index contributed by atoms with van der Waals surface area (Å²) in [4.78, 5) is 17.1. The third-order valence-electron chi connectivity index (χ3n) is 4.68. The number of hydrogen-bond donors (Lipinski definition) is 1. The lowest BCUT2D eigenvalue weighted by atomic mass is 10.1. The molecule has 0 bridgehead atoms. The molecular formula is C22H23N7O3. The summed E-state index contributed by atoms with van der Waals surface area (Å²) in [7, 11) is 3.19. The Morgan fingerprint density at radius 2 is 1.84 bits per heavy atom. The first kappa shape index (κ1) is 21.0. The van der Waals surface area contributed by atoms with Crippen molar-refractivity contribution in [3.8, 4) is 23.2 Å². The molecule has 0 unspecified atom stereocenters. The van der Waals surface area contributed by atoms with E-state index in [-0.39, 0.29) is 5.95 Å². The Balaban J connectivity index is 1.51. The molecule has 4 aromatic rings. The van der Waals surface area contributed by atoms with Gasteiger partial charge in [0, 0.05) is 30.8 Å². The SMILES string of the molecule is COc1ccc(Cc2nc(N)nn2-c2cc(OCCc3ccccn3)ncn2)cc1OC. The minimum Gasteiger partial charge on any atom is -0.493 e. The third kappa shape index (κ3) is 4.91. The highest BCUT2D eigenvalue weighted by Crippen LogP contribution is 2.28. The van der Waals surface area contributed by atoms with Crippen molar-refractivity contribution < 1.29 is 14.2 Å². The molecule has 4 rings (SSSR count). The fraction of sp³-hybridized carbons (Fsp3) is 0.227. The van der Waals surface area contributed by atoms with Gasteiger partial charge in [0.2, 0.25) is 11.8 Å². The molecule has 10 nitrogen and oxygen atoms in total. The van der Waals surface area contributed by atoms with Crippen LogP contribution in [0.4, 0.5) is 5.95 Å². The highest BCUT2D eigenvalue weighted by Gasteiger charge is 2.14. The van der Waals surface area contributed by atoms with Crippen LogP contribution in [0.2, 0.25) is 0 Å². The number of rotatable bonds is 9. The van der Waals surface area contributed by atoms with Crippen LogP contribution in [0.5, 0.6) is 17.4 Å². The molecule has 0 spiro atoms. The quantitative estimate of drug-likeness (QED) is 0.423. The van der Waals surface area contributed by atoms with Gasteiger partial charge < -0.3 is 19.9 Å². The molecule has 0 saturated carbocycles. The molecule has 164 valence electrons. The van der Waals surface area contributed by atoms with E-state index in [1.165, 1.54) is 6.33 Å². The molecule has 32 heavy (non-hydrogen) atoms. The number of methoxy groups -OCH3 is 2. The molecule has 10 heteroatoms. The van der Waals surface area contributed by atoms with Crippen molar-refractivity contribution >= 4 is 5.95 Å². The maximum absolute atomic E-state index is 5.89. The Bertz CT molecular complexity index is 1180. The first-order valence-electron chi connectivity index (χ1n) is 9.93. The van der Waals surface area contributed by atoms with E-state index in [1.807, 2.05) is 36.4 Å². The van der Waals surface area contributed by atoms with Crippen LogP contribution in [0.25, 0.3) is 5.82 Å². The summed E-state index contributed by atoms with van der Waals surface area (Å²) in [6, 6.07) is 13.1. The standard InChI is InChI=1S/C22H23N7O3/c1-30-17-7-6-15(11-18(17)31-2)12-20-27-22(23)28-29(20)19-13-21(26-14-25-19)32-10-8-16-5-3-4-9-24-16/h3-7,9,11,13-14H,8,10,12H2,1-2H3,(H2,23,28). The van der Waals surface area contributed by atoms with Crippen LogP contribution in [-0.4, -0.2) is 50.5 Å². The van der Waals surface area contributed by atoms with Gasteiger partial charge in [-0.25, -0.2) is 9.97 Å². The van der Waals surface area contributed by atoms with Gasteiger partial charge in [0.25, 0.3) is 0 Å². The van der Waals surface area contributed by atoms with Crippen LogP contribution in [0.3, 0.4) is 0 Å². The van der Waals surface area contributed by atoms with Crippen molar-refractivity contribution in [3.63, 3.8) is 0 Å². The van der Waals surface area contributed by atoms with Crippen LogP contribution >= 0.6 is 0 Å². The van der Waals surface area contributed by atoms with Crippen molar-refractivity contribution in [2.24, 2.45) is 0 Å². The predicted molar refractivity (Wildman–Crippen MR) is 117 cm³/mol. The average molecular weight is 433 g/mol. The minimum absolute atomic E-state index is 0.150. The van der Waals surface area contributed by atoms with Crippen LogP contribution < -0.4 is 19.9 Å². The van der Waals surface area contributed by atoms with Gasteiger partial charge in [-0.05, 0) is 29.8 Å². The first-order chi connectivity index (χ1) is 15.7. The van der Waals surface area contributed by atoms with Crippen LogP contribution in [-0.2, 0) is 12.8 Å². The summed E-state index contributed by atoms with van der Waals surface area (Å²) in [5.41, 5.74) is 7.79. The summed E-state index contributed by atoms with van der Waals surface area (Å²) in [5.74, 6) is 2.99. The smallest absolute Gasteiger partial charge is 0.240 e. The van der Waals surface area contributed by atoms with E-state index < -0.39 is 0 Å². The molecule has 2 N–H and O–H groups in total. The maximum atomic E-state index is 5.89. The molecule has 0 aliphatic rings. The van der Waals surface area contributed by atoms with Gasteiger partial charge in [-0.2, -0.15) is 9.67 Å². The summed E-state index contributed by atoms with van der Waals surface area (Å²) in [6.45, 7) is 0.436. The molecule has 1 aromatic carbocycles. The van der Waals surface area contributed by atoms with Gasteiger partial charge in [0.05, 0.1) is 20.8 Å². The molecule has 0 saturated heterocycles. The first-order valence-corrected chi connectivity index (χ1v) is 9.93. The Kier molecular flexibility index (Phi) is 6.40. The molecule has 0 aliphatic heterocycles. The summed E-state index contributed by atoms with van der Waals surface area (Å²) in [5, 5.41) is 4.29. The molecule has 3 aromatic heterocycles. The topological polar surface area (TPSA) is 123 Å². The number of pyridine rings is 1. The highest BCUT2D eigenvalue weighted by molar-refractivity contribution is 5.44. The maximum Gasteiger partial charge on any atom is 0.240 e. The normalized spacial score (nSPS) is 10.7. The minimum atomic E-state index is 0.150. The van der Waals surface area contributed by atoms with Crippen molar-refractivity contribution in [1.29, 1.82) is 0 Å². The molecule has 0 radical (unpaired) electrons. The number of nitrogens with zero attached hydrogens (tertiary/aromatic N) is 6. The number of hydrogen-bond acceptors (Lipinski definition) is 9. The van der Waals surface area contributed by atoms with Gasteiger partial charge >= 0.3 is 0 Å². The molecule has 0 amide bonds. The van der Waals surface area contributed by atoms with Gasteiger partial charge in [0.15, 0.2) is 17.3 Å².